The molecule has 0 aliphatic carbocycles. The highest BCUT2D eigenvalue weighted by Crippen LogP contribution is 2.24. The van der Waals surface area contributed by atoms with Crippen LogP contribution in [-0.2, 0) is 22.6 Å². The summed E-state index contributed by atoms with van der Waals surface area (Å²) in [7, 11) is 0. The topological polar surface area (TPSA) is 133 Å². The van der Waals surface area contributed by atoms with E-state index in [1.807, 2.05) is 12.1 Å². The SMILES string of the molecule is CCOC(=O)CNc1ccc(Oc2ccc(/N=c3\[nH]c(=O)n(CC)c(=O)n3Cc3ccc(Cl)cc3)cc2)cn1. The lowest BCUT2D eigenvalue weighted by Crippen LogP contribution is -2.49. The summed E-state index contributed by atoms with van der Waals surface area (Å²) in [5, 5.41) is 3.46. The van der Waals surface area contributed by atoms with E-state index in [0.717, 1.165) is 10.1 Å². The Hall–Kier alpha value is -4.64. The van der Waals surface area contributed by atoms with E-state index in [-0.39, 0.29) is 31.2 Å². The molecule has 0 radical (unpaired) electrons. The van der Waals surface area contributed by atoms with Gasteiger partial charge in [0.2, 0.25) is 5.62 Å². The lowest BCUT2D eigenvalue weighted by atomic mass is 10.2. The number of hydrogen-bond acceptors (Lipinski definition) is 8. The Morgan fingerprint density at radius 3 is 2.36 bits per heavy atom. The molecule has 11 nitrogen and oxygen atoms in total. The normalized spacial score (nSPS) is 11.3. The smallest absolute Gasteiger partial charge is 0.335 e. The number of anilines is 1. The lowest BCUT2D eigenvalue weighted by molar-refractivity contribution is -0.140. The van der Waals surface area contributed by atoms with E-state index in [1.165, 1.54) is 10.8 Å². The van der Waals surface area contributed by atoms with Gasteiger partial charge in [0.1, 0.15) is 23.9 Å². The molecule has 4 rings (SSSR count). The minimum atomic E-state index is -0.541. The van der Waals surface area contributed by atoms with Gasteiger partial charge < -0.3 is 14.8 Å². The van der Waals surface area contributed by atoms with E-state index >= 15 is 0 Å². The predicted molar refractivity (Wildman–Crippen MR) is 147 cm³/mol. The fraction of sp³-hybridized carbons (Fsp3) is 0.222. The molecule has 0 fully saturated rings. The van der Waals surface area contributed by atoms with Crippen molar-refractivity contribution in [1.29, 1.82) is 0 Å². The molecular weight excluding hydrogens is 524 g/mol. The molecule has 2 N–H and O–H groups in total. The van der Waals surface area contributed by atoms with Crippen LogP contribution in [0, 0.1) is 0 Å². The number of rotatable bonds is 10. The van der Waals surface area contributed by atoms with E-state index in [2.05, 4.69) is 20.3 Å². The van der Waals surface area contributed by atoms with Crippen molar-refractivity contribution in [2.24, 2.45) is 4.99 Å². The average molecular weight is 551 g/mol. The van der Waals surface area contributed by atoms with Crippen molar-refractivity contribution in [3.63, 3.8) is 0 Å². The molecule has 0 spiro atoms. The van der Waals surface area contributed by atoms with Gasteiger partial charge in [0.25, 0.3) is 0 Å². The van der Waals surface area contributed by atoms with Gasteiger partial charge in [-0.2, -0.15) is 0 Å². The van der Waals surface area contributed by atoms with Crippen LogP contribution in [0.15, 0.2) is 81.4 Å². The minimum Gasteiger partial charge on any atom is -0.465 e. The molecule has 202 valence electrons. The number of H-pyrrole nitrogens is 1. The molecule has 0 bridgehead atoms. The minimum absolute atomic E-state index is 0.0185. The second kappa shape index (κ2) is 12.7. The highest BCUT2D eigenvalue weighted by Gasteiger charge is 2.09. The van der Waals surface area contributed by atoms with E-state index in [0.29, 0.717) is 34.6 Å². The number of aromatic nitrogens is 4. The Bertz CT molecular complexity index is 1610. The van der Waals surface area contributed by atoms with Crippen molar-refractivity contribution in [3.05, 3.63) is 104 Å². The second-order valence-electron chi connectivity index (χ2n) is 8.24. The van der Waals surface area contributed by atoms with Crippen molar-refractivity contribution in [2.45, 2.75) is 26.9 Å². The van der Waals surface area contributed by atoms with Crippen molar-refractivity contribution in [3.8, 4) is 11.5 Å². The van der Waals surface area contributed by atoms with Crippen molar-refractivity contribution in [2.75, 3.05) is 18.5 Å². The molecule has 0 aliphatic heterocycles. The fourth-order valence-corrected chi connectivity index (χ4v) is 3.73. The molecule has 4 aromatic rings. The van der Waals surface area contributed by atoms with Gasteiger partial charge in [-0.1, -0.05) is 23.7 Å². The molecule has 0 saturated heterocycles. The number of ether oxygens (including phenoxy) is 2. The summed E-state index contributed by atoms with van der Waals surface area (Å²) in [4.78, 5) is 48.4. The molecule has 2 heterocycles. The second-order valence-corrected chi connectivity index (χ2v) is 8.68. The standard InChI is InChI=1S/C27H27ClN6O5/c1-3-33-26(36)32-25(34(27(33)37)17-18-5-7-19(28)8-6-18)31-20-9-11-21(12-10-20)39-22-13-14-23(29-15-22)30-16-24(35)38-4-2/h5-15H,3-4,16-17H2,1-2H3,(H,29,30)(H,31,32,36). The van der Waals surface area contributed by atoms with Crippen LogP contribution in [0.25, 0.3) is 0 Å². The van der Waals surface area contributed by atoms with Gasteiger partial charge >= 0.3 is 17.3 Å². The average Bonchev–Trinajstić information content (AvgIpc) is 2.93. The van der Waals surface area contributed by atoms with Gasteiger partial charge in [-0.15, -0.1) is 0 Å². The first-order chi connectivity index (χ1) is 18.9. The third-order valence-corrected chi connectivity index (χ3v) is 5.77. The Morgan fingerprint density at radius 2 is 1.72 bits per heavy atom. The van der Waals surface area contributed by atoms with Crippen molar-refractivity contribution in [1.82, 2.24) is 19.1 Å². The molecule has 2 aromatic carbocycles. The van der Waals surface area contributed by atoms with Gasteiger partial charge in [-0.05, 0) is 67.9 Å². The number of nitrogens with zero attached hydrogens (tertiary/aromatic N) is 4. The number of esters is 1. The summed E-state index contributed by atoms with van der Waals surface area (Å²) in [6, 6.07) is 17.3. The number of pyridine rings is 1. The monoisotopic (exact) mass is 550 g/mol. The van der Waals surface area contributed by atoms with Crippen LogP contribution in [0.4, 0.5) is 11.5 Å². The molecular formula is C27H27ClN6O5. The van der Waals surface area contributed by atoms with Crippen molar-refractivity contribution < 1.29 is 14.3 Å². The molecule has 0 atom stereocenters. The molecule has 12 heteroatoms. The Balaban J connectivity index is 1.53. The maximum Gasteiger partial charge on any atom is 0.335 e. The fourth-order valence-electron chi connectivity index (χ4n) is 3.60. The Kier molecular flexibility index (Phi) is 8.95. The first-order valence-electron chi connectivity index (χ1n) is 12.2. The quantitative estimate of drug-likeness (QED) is 0.289. The number of carbonyl (C=O) groups is 1. The molecule has 0 aliphatic rings. The number of halogens is 1. The number of nitrogens with one attached hydrogen (secondary N) is 2. The lowest BCUT2D eigenvalue weighted by Gasteiger charge is -2.10. The van der Waals surface area contributed by atoms with Gasteiger partial charge in [-0.3, -0.25) is 14.3 Å². The third kappa shape index (κ3) is 7.23. The van der Waals surface area contributed by atoms with Crippen molar-refractivity contribution >= 4 is 29.1 Å². The van der Waals surface area contributed by atoms with Crippen LogP contribution < -0.4 is 27.1 Å². The summed E-state index contributed by atoms with van der Waals surface area (Å²) < 4.78 is 13.2. The summed E-state index contributed by atoms with van der Waals surface area (Å²) in [5.41, 5.74) is 0.442. The first-order valence-corrected chi connectivity index (χ1v) is 12.6. The van der Waals surface area contributed by atoms with Gasteiger partial charge in [-0.25, -0.2) is 24.1 Å². The third-order valence-electron chi connectivity index (χ3n) is 5.51. The van der Waals surface area contributed by atoms with E-state index < -0.39 is 11.4 Å². The van der Waals surface area contributed by atoms with Crippen LogP contribution in [0.1, 0.15) is 19.4 Å². The van der Waals surface area contributed by atoms with Crippen LogP contribution in [0.2, 0.25) is 5.02 Å². The largest absolute Gasteiger partial charge is 0.465 e. The van der Waals surface area contributed by atoms with Crippen LogP contribution in [0.5, 0.6) is 11.5 Å². The highest BCUT2D eigenvalue weighted by atomic mass is 35.5. The summed E-state index contributed by atoms with van der Waals surface area (Å²) in [6.07, 6.45) is 1.53. The summed E-state index contributed by atoms with van der Waals surface area (Å²) >= 11 is 5.99. The number of benzene rings is 2. The summed E-state index contributed by atoms with van der Waals surface area (Å²) in [5.74, 6) is 1.17. The maximum atomic E-state index is 13.1. The van der Waals surface area contributed by atoms with E-state index in [4.69, 9.17) is 21.1 Å². The predicted octanol–water partition coefficient (Wildman–Crippen LogP) is 3.45. The van der Waals surface area contributed by atoms with E-state index in [1.54, 1.807) is 62.4 Å². The highest BCUT2D eigenvalue weighted by molar-refractivity contribution is 6.30. The van der Waals surface area contributed by atoms with E-state index in [9.17, 15) is 14.4 Å². The first kappa shape index (κ1) is 27.4. The molecule has 2 aromatic heterocycles. The van der Waals surface area contributed by atoms with Gasteiger partial charge in [0.05, 0.1) is 25.0 Å². The maximum absolute atomic E-state index is 13.1. The Morgan fingerprint density at radius 1 is 1.00 bits per heavy atom. The zero-order chi connectivity index (χ0) is 27.8. The summed E-state index contributed by atoms with van der Waals surface area (Å²) in [6.45, 7) is 4.22. The van der Waals surface area contributed by atoms with Gasteiger partial charge in [0.15, 0.2) is 0 Å². The zero-order valence-corrected chi connectivity index (χ0v) is 22.1. The molecule has 0 saturated carbocycles. The van der Waals surface area contributed by atoms with Crippen LogP contribution in [-0.4, -0.2) is 38.2 Å². The van der Waals surface area contributed by atoms with Crippen LogP contribution >= 0.6 is 11.6 Å². The van der Waals surface area contributed by atoms with Crippen LogP contribution in [0.3, 0.4) is 0 Å². The number of hydrogen-bond donors (Lipinski definition) is 2. The zero-order valence-electron chi connectivity index (χ0n) is 21.4. The number of carbonyl (C=O) groups excluding carboxylic acids is 1. The Labute approximate surface area is 228 Å². The molecule has 39 heavy (non-hydrogen) atoms. The molecule has 0 amide bonds. The van der Waals surface area contributed by atoms with Gasteiger partial charge in [0, 0.05) is 11.6 Å². The number of aromatic amines is 1. The molecule has 0 unspecified atom stereocenters.